The van der Waals surface area contributed by atoms with E-state index in [1.807, 2.05) is 20.8 Å². The molecule has 1 aliphatic rings. The first-order valence-electron chi connectivity index (χ1n) is 7.50. The zero-order valence-electron chi connectivity index (χ0n) is 12.7. The zero-order valence-corrected chi connectivity index (χ0v) is 12.7. The number of oxime groups is 1. The second-order valence-corrected chi connectivity index (χ2v) is 6.18. The molecule has 1 saturated carbocycles. The summed E-state index contributed by atoms with van der Waals surface area (Å²) in [6, 6.07) is 0. The first kappa shape index (κ1) is 16.4. The Morgan fingerprint density at radius 3 is 2.68 bits per heavy atom. The molecule has 0 saturated heterocycles. The fourth-order valence-electron chi connectivity index (χ4n) is 2.06. The van der Waals surface area contributed by atoms with E-state index in [-0.39, 0.29) is 18.3 Å². The maximum Gasteiger partial charge on any atom is 0.129 e. The van der Waals surface area contributed by atoms with Crippen LogP contribution in [0.25, 0.3) is 0 Å². The molecular formula is C15H29NO3. The van der Waals surface area contributed by atoms with Gasteiger partial charge in [0.25, 0.3) is 0 Å². The van der Waals surface area contributed by atoms with E-state index in [2.05, 4.69) is 5.16 Å². The summed E-state index contributed by atoms with van der Waals surface area (Å²) in [7, 11) is 0. The number of nitrogens with zero attached hydrogens (tertiary/aromatic N) is 1. The number of ether oxygens (including phenoxy) is 1. The number of aliphatic hydroxyl groups is 1. The number of unbranched alkanes of at least 4 members (excludes halogenated alkanes) is 2. The van der Waals surface area contributed by atoms with Crippen LogP contribution in [0.1, 0.15) is 65.7 Å². The molecule has 0 heterocycles. The van der Waals surface area contributed by atoms with Gasteiger partial charge in [-0.25, -0.2) is 0 Å². The summed E-state index contributed by atoms with van der Waals surface area (Å²) >= 11 is 0. The van der Waals surface area contributed by atoms with Gasteiger partial charge in [0.15, 0.2) is 0 Å². The Labute approximate surface area is 117 Å². The minimum absolute atomic E-state index is 0.130. The molecule has 1 unspecified atom stereocenters. The molecule has 1 N–H and O–H groups in total. The third kappa shape index (κ3) is 7.53. The van der Waals surface area contributed by atoms with Gasteiger partial charge in [0.2, 0.25) is 0 Å². The highest BCUT2D eigenvalue weighted by Crippen LogP contribution is 2.20. The van der Waals surface area contributed by atoms with Crippen molar-refractivity contribution in [3.8, 4) is 0 Å². The molecule has 0 aromatic rings. The van der Waals surface area contributed by atoms with E-state index < -0.39 is 0 Å². The Hall–Kier alpha value is -0.610. The molecular weight excluding hydrogens is 242 g/mol. The van der Waals surface area contributed by atoms with Crippen LogP contribution in [0.5, 0.6) is 0 Å². The second kappa shape index (κ2) is 8.54. The highest BCUT2D eigenvalue weighted by Gasteiger charge is 2.22. The van der Waals surface area contributed by atoms with Gasteiger partial charge in [-0.2, -0.15) is 0 Å². The van der Waals surface area contributed by atoms with E-state index in [9.17, 15) is 0 Å². The maximum atomic E-state index is 8.73. The van der Waals surface area contributed by atoms with Crippen LogP contribution >= 0.6 is 0 Å². The first-order chi connectivity index (χ1) is 9.03. The number of rotatable bonds is 7. The quantitative estimate of drug-likeness (QED) is 0.571. The predicted octanol–water partition coefficient (Wildman–Crippen LogP) is 3.28. The van der Waals surface area contributed by atoms with Crippen molar-refractivity contribution in [3.05, 3.63) is 0 Å². The maximum absolute atomic E-state index is 8.73. The summed E-state index contributed by atoms with van der Waals surface area (Å²) in [5.41, 5.74) is 0.819. The average Bonchev–Trinajstić information content (AvgIpc) is 2.36. The molecule has 0 aliphatic heterocycles. The third-order valence-corrected chi connectivity index (χ3v) is 3.08. The second-order valence-electron chi connectivity index (χ2n) is 6.18. The van der Waals surface area contributed by atoms with E-state index in [0.29, 0.717) is 0 Å². The molecule has 19 heavy (non-hydrogen) atoms. The Morgan fingerprint density at radius 2 is 2.00 bits per heavy atom. The van der Waals surface area contributed by atoms with Crippen LogP contribution in [0.15, 0.2) is 5.16 Å². The first-order valence-corrected chi connectivity index (χ1v) is 7.50. The van der Waals surface area contributed by atoms with Gasteiger partial charge in [-0.05, 0) is 59.3 Å². The molecule has 0 spiro atoms. The normalized spacial score (nSPS) is 22.7. The Bertz CT molecular complexity index is 271. The molecule has 1 aliphatic carbocycles. The van der Waals surface area contributed by atoms with E-state index in [4.69, 9.17) is 14.7 Å². The molecule has 0 radical (unpaired) electrons. The van der Waals surface area contributed by atoms with Gasteiger partial charge < -0.3 is 14.7 Å². The van der Waals surface area contributed by atoms with Gasteiger partial charge in [-0.3, -0.25) is 0 Å². The lowest BCUT2D eigenvalue weighted by molar-refractivity contribution is -0.00451. The number of hydrogen-bond acceptors (Lipinski definition) is 4. The number of aliphatic hydroxyl groups excluding tert-OH is 1. The van der Waals surface area contributed by atoms with E-state index in [1.165, 1.54) is 12.8 Å². The predicted molar refractivity (Wildman–Crippen MR) is 77.4 cm³/mol. The van der Waals surface area contributed by atoms with Crippen LogP contribution in [0.4, 0.5) is 0 Å². The third-order valence-electron chi connectivity index (χ3n) is 3.08. The summed E-state index contributed by atoms with van der Waals surface area (Å²) in [4.78, 5) is 5.52. The zero-order chi connectivity index (χ0) is 14.1. The molecule has 0 aromatic carbocycles. The van der Waals surface area contributed by atoms with Crippen molar-refractivity contribution in [3.63, 3.8) is 0 Å². The van der Waals surface area contributed by atoms with Crippen LogP contribution < -0.4 is 0 Å². The van der Waals surface area contributed by atoms with E-state index >= 15 is 0 Å². The monoisotopic (exact) mass is 271 g/mol. The SMILES string of the molecule is CC(C)(C)ON=C1CCCCC1OCCCCCO. The van der Waals surface area contributed by atoms with Crippen molar-refractivity contribution >= 4 is 5.71 Å². The molecule has 0 aromatic heterocycles. The van der Waals surface area contributed by atoms with Crippen molar-refractivity contribution in [2.45, 2.75) is 77.4 Å². The van der Waals surface area contributed by atoms with Gasteiger partial charge in [0.05, 0.1) is 11.8 Å². The van der Waals surface area contributed by atoms with Crippen molar-refractivity contribution in [1.29, 1.82) is 0 Å². The summed E-state index contributed by atoms with van der Waals surface area (Å²) in [5.74, 6) is 0. The highest BCUT2D eigenvalue weighted by molar-refractivity contribution is 5.88. The van der Waals surface area contributed by atoms with Gasteiger partial charge in [0.1, 0.15) is 5.60 Å². The van der Waals surface area contributed by atoms with Crippen molar-refractivity contribution in [1.82, 2.24) is 0 Å². The van der Waals surface area contributed by atoms with Gasteiger partial charge in [-0.1, -0.05) is 11.6 Å². The summed E-state index contributed by atoms with van der Waals surface area (Å²) in [6.07, 6.45) is 7.43. The standard InChI is InChI=1S/C15H29NO3/c1-15(2,3)19-16-13-9-5-6-10-14(13)18-12-8-4-7-11-17/h14,17H,4-12H2,1-3H3. The fourth-order valence-corrected chi connectivity index (χ4v) is 2.06. The van der Waals surface area contributed by atoms with E-state index in [0.717, 1.165) is 44.4 Å². The topological polar surface area (TPSA) is 51.0 Å². The largest absolute Gasteiger partial charge is 0.396 e. The molecule has 4 nitrogen and oxygen atoms in total. The van der Waals surface area contributed by atoms with Crippen LogP contribution in [0, 0.1) is 0 Å². The van der Waals surface area contributed by atoms with Gasteiger partial charge in [-0.15, -0.1) is 0 Å². The molecule has 0 bridgehead atoms. The number of hydrogen-bond donors (Lipinski definition) is 1. The van der Waals surface area contributed by atoms with Crippen LogP contribution in [-0.4, -0.2) is 35.7 Å². The van der Waals surface area contributed by atoms with Gasteiger partial charge in [0, 0.05) is 13.2 Å². The van der Waals surface area contributed by atoms with Gasteiger partial charge >= 0.3 is 0 Å². The Morgan fingerprint density at radius 1 is 1.21 bits per heavy atom. The van der Waals surface area contributed by atoms with E-state index in [1.54, 1.807) is 0 Å². The highest BCUT2D eigenvalue weighted by atomic mass is 16.6. The van der Waals surface area contributed by atoms with Crippen LogP contribution in [0.3, 0.4) is 0 Å². The Kier molecular flexibility index (Phi) is 7.39. The summed E-state index contributed by atoms with van der Waals surface area (Å²) in [5, 5.41) is 13.0. The lowest BCUT2D eigenvalue weighted by atomic mass is 9.95. The lowest BCUT2D eigenvalue weighted by Gasteiger charge is -2.25. The summed E-state index contributed by atoms with van der Waals surface area (Å²) < 4.78 is 5.91. The smallest absolute Gasteiger partial charge is 0.129 e. The minimum Gasteiger partial charge on any atom is -0.396 e. The molecule has 1 atom stereocenters. The Balaban J connectivity index is 2.35. The molecule has 1 rings (SSSR count). The molecule has 1 fully saturated rings. The van der Waals surface area contributed by atoms with Crippen molar-refractivity contribution in [2.75, 3.05) is 13.2 Å². The van der Waals surface area contributed by atoms with Crippen molar-refractivity contribution in [2.24, 2.45) is 5.16 Å². The van der Waals surface area contributed by atoms with Crippen LogP contribution in [-0.2, 0) is 9.57 Å². The lowest BCUT2D eigenvalue weighted by Crippen LogP contribution is -2.30. The average molecular weight is 271 g/mol. The minimum atomic E-state index is -0.240. The molecule has 112 valence electrons. The van der Waals surface area contributed by atoms with Crippen LogP contribution in [0.2, 0.25) is 0 Å². The molecule has 0 amide bonds. The molecule has 4 heteroatoms. The fraction of sp³-hybridized carbons (Fsp3) is 0.933. The summed E-state index contributed by atoms with van der Waals surface area (Å²) in [6.45, 7) is 7.04. The van der Waals surface area contributed by atoms with Crippen molar-refractivity contribution < 1.29 is 14.7 Å².